The Labute approximate surface area is 123 Å². The van der Waals surface area contributed by atoms with Crippen molar-refractivity contribution in [3.8, 4) is 0 Å². The quantitative estimate of drug-likeness (QED) is 0.665. The molecule has 0 atom stereocenters. The van der Waals surface area contributed by atoms with E-state index in [9.17, 15) is 22.3 Å². The number of aliphatic hydroxyl groups excluding tert-OH is 1. The molecule has 120 valence electrons. The summed E-state index contributed by atoms with van der Waals surface area (Å²) in [6, 6.07) is 1.49. The van der Waals surface area contributed by atoms with Gasteiger partial charge < -0.3 is 10.8 Å². The molecule has 0 aliphatic carbocycles. The molecule has 5 nitrogen and oxygen atoms in total. The van der Waals surface area contributed by atoms with E-state index in [1.807, 2.05) is 0 Å². The fraction of sp³-hybridized carbons (Fsp3) is 0.538. The smallest absolute Gasteiger partial charge is 0.246 e. The number of benzene rings is 1. The molecule has 0 aliphatic rings. The number of aliphatic hydroxyl groups is 1. The molecule has 0 saturated carbocycles. The third-order valence-electron chi connectivity index (χ3n) is 3.76. The van der Waals surface area contributed by atoms with Crippen LogP contribution in [0.1, 0.15) is 26.7 Å². The fourth-order valence-corrected chi connectivity index (χ4v) is 3.21. The Hall–Kier alpha value is -1.25. The van der Waals surface area contributed by atoms with Crippen molar-refractivity contribution in [3.05, 3.63) is 23.8 Å². The molecule has 0 bridgehead atoms. The molecule has 1 rings (SSSR count). The van der Waals surface area contributed by atoms with Gasteiger partial charge in [0.05, 0.1) is 0 Å². The Morgan fingerprint density at radius 1 is 1.24 bits per heavy atom. The molecule has 0 spiro atoms. The number of nitrogens with two attached hydrogens (primary N) is 1. The van der Waals surface area contributed by atoms with Crippen LogP contribution in [-0.4, -0.2) is 26.7 Å². The van der Waals surface area contributed by atoms with Crippen LogP contribution in [0.25, 0.3) is 0 Å². The topological polar surface area (TPSA) is 92.4 Å². The summed E-state index contributed by atoms with van der Waals surface area (Å²) in [4.78, 5) is -1.06. The lowest BCUT2D eigenvalue weighted by Crippen LogP contribution is -2.39. The van der Waals surface area contributed by atoms with Gasteiger partial charge in [-0.15, -0.1) is 0 Å². The third kappa shape index (κ3) is 3.90. The monoisotopic (exact) mass is 322 g/mol. The molecule has 0 aliphatic heterocycles. The Bertz CT molecular complexity index is 570. The Morgan fingerprint density at radius 3 is 2.10 bits per heavy atom. The average molecular weight is 322 g/mol. The van der Waals surface area contributed by atoms with E-state index < -0.39 is 32.0 Å². The van der Waals surface area contributed by atoms with Crippen molar-refractivity contribution in [3.63, 3.8) is 0 Å². The minimum Gasteiger partial charge on any atom is -0.399 e. The normalized spacial score (nSPS) is 12.6. The molecular formula is C13H20F2N2O3S. The first-order valence-corrected chi connectivity index (χ1v) is 8.04. The molecule has 0 amide bonds. The van der Waals surface area contributed by atoms with Crippen LogP contribution >= 0.6 is 0 Å². The molecule has 0 aromatic heterocycles. The molecule has 21 heavy (non-hydrogen) atoms. The highest BCUT2D eigenvalue weighted by molar-refractivity contribution is 7.89. The predicted molar refractivity (Wildman–Crippen MR) is 76.1 cm³/mol. The van der Waals surface area contributed by atoms with Gasteiger partial charge in [-0.2, -0.15) is 0 Å². The zero-order chi connectivity index (χ0) is 16.3. The van der Waals surface area contributed by atoms with Crippen molar-refractivity contribution < 1.29 is 22.3 Å². The van der Waals surface area contributed by atoms with Crippen LogP contribution < -0.4 is 10.5 Å². The van der Waals surface area contributed by atoms with Gasteiger partial charge in [0.2, 0.25) is 10.0 Å². The van der Waals surface area contributed by atoms with E-state index in [4.69, 9.17) is 5.73 Å². The highest BCUT2D eigenvalue weighted by atomic mass is 32.2. The summed E-state index contributed by atoms with van der Waals surface area (Å²) in [7, 11) is -4.37. The molecule has 1 aromatic carbocycles. The first-order chi connectivity index (χ1) is 9.71. The van der Waals surface area contributed by atoms with E-state index in [0.29, 0.717) is 12.8 Å². The van der Waals surface area contributed by atoms with Gasteiger partial charge in [0, 0.05) is 24.3 Å². The van der Waals surface area contributed by atoms with Gasteiger partial charge in [-0.05, 0) is 25.0 Å². The lowest BCUT2D eigenvalue weighted by atomic mass is 9.84. The van der Waals surface area contributed by atoms with Gasteiger partial charge in [0.15, 0.2) is 4.90 Å². The van der Waals surface area contributed by atoms with Crippen molar-refractivity contribution >= 4 is 15.7 Å². The van der Waals surface area contributed by atoms with Crippen molar-refractivity contribution in [1.82, 2.24) is 4.72 Å². The highest BCUT2D eigenvalue weighted by Crippen LogP contribution is 2.26. The molecule has 0 radical (unpaired) electrons. The predicted octanol–water partition coefficient (Wildman–Crippen LogP) is 1.62. The van der Waals surface area contributed by atoms with Crippen LogP contribution in [0.3, 0.4) is 0 Å². The van der Waals surface area contributed by atoms with Crippen LogP contribution in [-0.2, 0) is 10.0 Å². The van der Waals surface area contributed by atoms with Crippen LogP contribution in [0.4, 0.5) is 14.5 Å². The molecule has 0 saturated heterocycles. The Balaban J connectivity index is 3.09. The molecule has 0 fully saturated rings. The molecule has 0 heterocycles. The number of halogens is 2. The maximum Gasteiger partial charge on any atom is 0.246 e. The maximum absolute atomic E-state index is 13.7. The molecule has 0 unspecified atom stereocenters. The summed E-state index contributed by atoms with van der Waals surface area (Å²) in [5, 5.41) is 9.39. The largest absolute Gasteiger partial charge is 0.399 e. The Kier molecular flexibility index (Phi) is 5.66. The third-order valence-corrected chi connectivity index (χ3v) is 5.21. The number of hydrogen-bond acceptors (Lipinski definition) is 4. The van der Waals surface area contributed by atoms with Gasteiger partial charge >= 0.3 is 0 Å². The summed E-state index contributed by atoms with van der Waals surface area (Å²) in [6.07, 6.45) is 1.05. The van der Waals surface area contributed by atoms with Gasteiger partial charge in [0.25, 0.3) is 0 Å². The number of nitrogens with one attached hydrogen (secondary N) is 1. The second-order valence-electron chi connectivity index (χ2n) is 5.00. The molecule has 1 aromatic rings. The zero-order valence-corrected chi connectivity index (χ0v) is 12.8. The van der Waals surface area contributed by atoms with Crippen molar-refractivity contribution in [1.29, 1.82) is 0 Å². The van der Waals surface area contributed by atoms with Crippen molar-refractivity contribution in [2.45, 2.75) is 31.6 Å². The standard InChI is InChI=1S/C13H20F2N2O3S/c1-3-13(4-2,8-18)7-17-21(19,20)12-10(14)5-9(16)6-11(12)15/h5-6,17-18H,3-4,7-8,16H2,1-2H3. The highest BCUT2D eigenvalue weighted by Gasteiger charge is 2.30. The maximum atomic E-state index is 13.7. The molecular weight excluding hydrogens is 302 g/mol. The minimum atomic E-state index is -4.37. The lowest BCUT2D eigenvalue weighted by molar-refractivity contribution is 0.119. The van der Waals surface area contributed by atoms with E-state index in [-0.39, 0.29) is 18.8 Å². The molecule has 8 heteroatoms. The second-order valence-corrected chi connectivity index (χ2v) is 6.71. The first kappa shape index (κ1) is 17.8. The van der Waals surface area contributed by atoms with Crippen molar-refractivity contribution in [2.24, 2.45) is 5.41 Å². The summed E-state index contributed by atoms with van der Waals surface area (Å²) in [6.45, 7) is 3.27. The summed E-state index contributed by atoms with van der Waals surface area (Å²) in [5.41, 5.74) is 4.39. The summed E-state index contributed by atoms with van der Waals surface area (Å²) in [5.74, 6) is -2.50. The number of sulfonamides is 1. The van der Waals surface area contributed by atoms with E-state index in [0.717, 1.165) is 12.1 Å². The number of hydrogen-bond donors (Lipinski definition) is 3. The van der Waals surface area contributed by atoms with Gasteiger partial charge in [0.1, 0.15) is 11.6 Å². The van der Waals surface area contributed by atoms with E-state index in [2.05, 4.69) is 4.72 Å². The first-order valence-electron chi connectivity index (χ1n) is 6.56. The van der Waals surface area contributed by atoms with Crippen LogP contribution in [0.15, 0.2) is 17.0 Å². The van der Waals surface area contributed by atoms with E-state index in [1.165, 1.54) is 0 Å². The SMILES string of the molecule is CCC(CC)(CO)CNS(=O)(=O)c1c(F)cc(N)cc1F. The summed E-state index contributed by atoms with van der Waals surface area (Å²) >= 11 is 0. The lowest BCUT2D eigenvalue weighted by Gasteiger charge is -2.29. The van der Waals surface area contributed by atoms with Gasteiger partial charge in [-0.25, -0.2) is 21.9 Å². The Morgan fingerprint density at radius 2 is 1.71 bits per heavy atom. The minimum absolute atomic E-state index is 0.109. The van der Waals surface area contributed by atoms with Crippen molar-refractivity contribution in [2.75, 3.05) is 18.9 Å². The summed E-state index contributed by atoms with van der Waals surface area (Å²) < 4.78 is 53.7. The van der Waals surface area contributed by atoms with Crippen LogP contribution in [0.5, 0.6) is 0 Å². The second kappa shape index (κ2) is 6.67. The number of rotatable bonds is 7. The van der Waals surface area contributed by atoms with E-state index >= 15 is 0 Å². The van der Waals surface area contributed by atoms with Gasteiger partial charge in [-0.1, -0.05) is 13.8 Å². The fourth-order valence-electron chi connectivity index (χ4n) is 1.94. The average Bonchev–Trinajstić information content (AvgIpc) is 2.39. The van der Waals surface area contributed by atoms with Crippen LogP contribution in [0, 0.1) is 17.0 Å². The number of nitrogen functional groups attached to an aromatic ring is 1. The molecule has 4 N–H and O–H groups in total. The number of anilines is 1. The van der Waals surface area contributed by atoms with Gasteiger partial charge in [-0.3, -0.25) is 0 Å². The zero-order valence-electron chi connectivity index (χ0n) is 12.0. The van der Waals surface area contributed by atoms with E-state index in [1.54, 1.807) is 13.8 Å². The van der Waals surface area contributed by atoms with Crippen LogP contribution in [0.2, 0.25) is 0 Å².